The molecular weight excluding hydrogens is 319 g/mol. The largest absolute Gasteiger partial charge is 0.445 e. The minimum atomic E-state index is -2.29. The zero-order valence-corrected chi connectivity index (χ0v) is 14.3. The molecule has 0 radical (unpaired) electrons. The van der Waals surface area contributed by atoms with Gasteiger partial charge in [0.2, 0.25) is 5.91 Å². The van der Waals surface area contributed by atoms with Gasteiger partial charge in [-0.05, 0) is 18.4 Å². The first-order valence-corrected chi connectivity index (χ1v) is 8.57. The summed E-state index contributed by atoms with van der Waals surface area (Å²) in [5.41, 5.74) is 0.839. The maximum atomic E-state index is 12.0. The number of carbonyl (C=O) groups is 2. The number of ether oxygens (including phenoxy) is 1. The molecule has 7 nitrogen and oxygen atoms in total. The summed E-state index contributed by atoms with van der Waals surface area (Å²) in [5.74, 6) is -1.39. The molecular formula is C15H23N2O5P. The van der Waals surface area contributed by atoms with E-state index >= 15 is 0 Å². The van der Waals surface area contributed by atoms with Crippen molar-refractivity contribution in [2.75, 3.05) is 0 Å². The van der Waals surface area contributed by atoms with E-state index in [0.29, 0.717) is 0 Å². The van der Waals surface area contributed by atoms with Gasteiger partial charge in [0.25, 0.3) is 0 Å². The third kappa shape index (κ3) is 6.95. The number of hydrogen-bond acceptors (Lipinski definition) is 5. The van der Waals surface area contributed by atoms with Crippen LogP contribution in [0.3, 0.4) is 0 Å². The Bertz CT molecular complexity index is 502. The number of nitrogens with one attached hydrogen (secondary N) is 2. The standard InChI is InChI=1S/C15H23N2O5P/c1-10(2)14(23(20)21)17-13(18)11(3)16-15(19)22-9-12-7-5-4-6-8-12/h4-8,10-11,14,20-21H,9H2,1-3H3,(H,16,19)(H,17,18)/t11-,14?/m0/s1. The summed E-state index contributed by atoms with van der Waals surface area (Å²) < 4.78 is 5.02. The summed E-state index contributed by atoms with van der Waals surface area (Å²) in [6, 6.07) is 8.32. The van der Waals surface area contributed by atoms with Gasteiger partial charge in [0.1, 0.15) is 18.4 Å². The summed E-state index contributed by atoms with van der Waals surface area (Å²) >= 11 is 0. The van der Waals surface area contributed by atoms with Crippen LogP contribution in [0.4, 0.5) is 4.79 Å². The molecule has 2 atom stereocenters. The lowest BCUT2D eigenvalue weighted by Gasteiger charge is -2.24. The Morgan fingerprint density at radius 1 is 1.13 bits per heavy atom. The average Bonchev–Trinajstić information content (AvgIpc) is 2.50. The van der Waals surface area contributed by atoms with Crippen LogP contribution in [0.2, 0.25) is 0 Å². The lowest BCUT2D eigenvalue weighted by atomic mass is 10.2. The van der Waals surface area contributed by atoms with Gasteiger partial charge < -0.3 is 25.2 Å². The van der Waals surface area contributed by atoms with E-state index in [9.17, 15) is 19.4 Å². The van der Waals surface area contributed by atoms with Crippen LogP contribution in [0.1, 0.15) is 26.3 Å². The number of alkyl carbamates (subject to hydrolysis) is 1. The predicted octanol–water partition coefficient (Wildman–Crippen LogP) is 1.70. The van der Waals surface area contributed by atoms with E-state index in [1.807, 2.05) is 30.3 Å². The molecule has 128 valence electrons. The van der Waals surface area contributed by atoms with Crippen LogP contribution >= 0.6 is 8.38 Å². The molecule has 4 N–H and O–H groups in total. The third-order valence-electron chi connectivity index (χ3n) is 3.11. The second-order valence-corrected chi connectivity index (χ2v) is 6.64. The van der Waals surface area contributed by atoms with E-state index in [2.05, 4.69) is 10.6 Å². The van der Waals surface area contributed by atoms with Crippen LogP contribution in [0, 0.1) is 5.92 Å². The van der Waals surface area contributed by atoms with Crippen LogP contribution in [-0.4, -0.2) is 33.6 Å². The van der Waals surface area contributed by atoms with E-state index < -0.39 is 32.2 Å². The first kappa shape index (κ1) is 19.4. The molecule has 0 aliphatic heterocycles. The normalized spacial score (nSPS) is 13.5. The van der Waals surface area contributed by atoms with Crippen molar-refractivity contribution in [3.8, 4) is 0 Å². The van der Waals surface area contributed by atoms with E-state index in [4.69, 9.17) is 4.74 Å². The second kappa shape index (κ2) is 9.45. The molecule has 0 saturated carbocycles. The van der Waals surface area contributed by atoms with Crippen LogP contribution in [-0.2, 0) is 16.1 Å². The minimum Gasteiger partial charge on any atom is -0.445 e. The van der Waals surface area contributed by atoms with E-state index in [1.54, 1.807) is 13.8 Å². The highest BCUT2D eigenvalue weighted by molar-refractivity contribution is 7.45. The minimum absolute atomic E-state index is 0.105. The van der Waals surface area contributed by atoms with Gasteiger partial charge in [-0.25, -0.2) is 4.79 Å². The van der Waals surface area contributed by atoms with Gasteiger partial charge in [0, 0.05) is 0 Å². The quantitative estimate of drug-likeness (QED) is 0.564. The Morgan fingerprint density at radius 2 is 1.74 bits per heavy atom. The maximum absolute atomic E-state index is 12.0. The zero-order chi connectivity index (χ0) is 17.4. The van der Waals surface area contributed by atoms with Crippen LogP contribution in [0.25, 0.3) is 0 Å². The molecule has 0 fully saturated rings. The van der Waals surface area contributed by atoms with E-state index in [1.165, 1.54) is 6.92 Å². The maximum Gasteiger partial charge on any atom is 0.408 e. The molecule has 23 heavy (non-hydrogen) atoms. The Kier molecular flexibility index (Phi) is 7.95. The fourth-order valence-corrected chi connectivity index (χ4v) is 2.54. The van der Waals surface area contributed by atoms with Crippen LogP contribution in [0.5, 0.6) is 0 Å². The van der Waals surface area contributed by atoms with Crippen LogP contribution < -0.4 is 10.6 Å². The zero-order valence-electron chi connectivity index (χ0n) is 13.4. The van der Waals surface area contributed by atoms with Crippen molar-refractivity contribution in [1.29, 1.82) is 0 Å². The van der Waals surface area contributed by atoms with Crippen molar-refractivity contribution in [2.24, 2.45) is 5.92 Å². The third-order valence-corrected chi connectivity index (χ3v) is 4.33. The van der Waals surface area contributed by atoms with Gasteiger partial charge in [0.15, 0.2) is 8.38 Å². The highest BCUT2D eigenvalue weighted by atomic mass is 31.2. The van der Waals surface area contributed by atoms with Crippen molar-refractivity contribution in [1.82, 2.24) is 10.6 Å². The fraction of sp³-hybridized carbons (Fsp3) is 0.467. The first-order valence-electron chi connectivity index (χ1n) is 7.25. The van der Waals surface area contributed by atoms with Gasteiger partial charge in [-0.3, -0.25) is 4.79 Å². The molecule has 1 unspecified atom stereocenters. The van der Waals surface area contributed by atoms with Crippen molar-refractivity contribution in [3.05, 3.63) is 35.9 Å². The van der Waals surface area contributed by atoms with Crippen molar-refractivity contribution in [2.45, 2.75) is 39.2 Å². The van der Waals surface area contributed by atoms with Gasteiger partial charge in [0.05, 0.1) is 0 Å². The van der Waals surface area contributed by atoms with Gasteiger partial charge >= 0.3 is 6.09 Å². The van der Waals surface area contributed by atoms with E-state index in [-0.39, 0.29) is 12.5 Å². The Balaban J connectivity index is 2.43. The first-order chi connectivity index (χ1) is 10.8. The Hall–Kier alpha value is -1.69. The molecule has 0 spiro atoms. The topological polar surface area (TPSA) is 108 Å². The summed E-state index contributed by atoms with van der Waals surface area (Å²) in [7, 11) is -2.29. The summed E-state index contributed by atoms with van der Waals surface area (Å²) in [6.07, 6.45) is -0.715. The fourth-order valence-electron chi connectivity index (χ4n) is 1.77. The second-order valence-electron chi connectivity index (χ2n) is 5.45. The molecule has 0 heterocycles. The average molecular weight is 342 g/mol. The molecule has 1 rings (SSSR count). The molecule has 0 aliphatic carbocycles. The molecule has 8 heteroatoms. The number of rotatable bonds is 7. The molecule has 1 aromatic carbocycles. The van der Waals surface area contributed by atoms with E-state index in [0.717, 1.165) is 5.56 Å². The number of hydrogen-bond donors (Lipinski definition) is 4. The molecule has 0 aliphatic rings. The number of benzene rings is 1. The predicted molar refractivity (Wildman–Crippen MR) is 87.4 cm³/mol. The smallest absolute Gasteiger partial charge is 0.408 e. The highest BCUT2D eigenvalue weighted by Gasteiger charge is 2.26. The molecule has 0 aromatic heterocycles. The van der Waals surface area contributed by atoms with Crippen LogP contribution in [0.15, 0.2) is 30.3 Å². The Labute approximate surface area is 137 Å². The molecule has 2 amide bonds. The molecule has 0 bridgehead atoms. The van der Waals surface area contributed by atoms with Crippen molar-refractivity contribution >= 4 is 20.4 Å². The molecule has 0 saturated heterocycles. The summed E-state index contributed by atoms with van der Waals surface area (Å²) in [4.78, 5) is 42.3. The Morgan fingerprint density at radius 3 is 2.26 bits per heavy atom. The number of carbonyl (C=O) groups excluding carboxylic acids is 2. The summed E-state index contributed by atoms with van der Waals surface area (Å²) in [5, 5.41) is 4.92. The van der Waals surface area contributed by atoms with Crippen molar-refractivity contribution < 1.29 is 24.1 Å². The van der Waals surface area contributed by atoms with Gasteiger partial charge in [-0.1, -0.05) is 44.2 Å². The van der Waals surface area contributed by atoms with Crippen molar-refractivity contribution in [3.63, 3.8) is 0 Å². The van der Waals surface area contributed by atoms with Gasteiger partial charge in [-0.2, -0.15) is 0 Å². The molecule has 1 aromatic rings. The lowest BCUT2D eigenvalue weighted by Crippen LogP contribution is -2.48. The number of amides is 2. The SMILES string of the molecule is CC(C)C(NC(=O)[C@H](C)NC(=O)OCc1ccccc1)P(O)O. The highest BCUT2D eigenvalue weighted by Crippen LogP contribution is 2.33. The summed E-state index contributed by atoms with van der Waals surface area (Å²) in [6.45, 7) is 5.12. The monoisotopic (exact) mass is 342 g/mol. The lowest BCUT2D eigenvalue weighted by molar-refractivity contribution is -0.123. The van der Waals surface area contributed by atoms with Gasteiger partial charge in [-0.15, -0.1) is 0 Å².